The number of imide groups is 1. The van der Waals surface area contributed by atoms with Gasteiger partial charge in [-0.05, 0) is 12.1 Å². The van der Waals surface area contributed by atoms with Crippen molar-refractivity contribution in [3.63, 3.8) is 0 Å². The maximum atomic E-state index is 12.3. The van der Waals surface area contributed by atoms with Gasteiger partial charge in [-0.2, -0.15) is 5.01 Å². The number of aliphatic imine (C=N–C) groups is 1. The van der Waals surface area contributed by atoms with Crippen LogP contribution in [0.2, 0.25) is 0 Å². The Bertz CT molecular complexity index is 613. The molecule has 0 aliphatic carbocycles. The predicted octanol–water partition coefficient (Wildman–Crippen LogP) is -0.236. The van der Waals surface area contributed by atoms with Crippen molar-refractivity contribution < 1.29 is 19.1 Å². The second-order valence-electron chi connectivity index (χ2n) is 4.47. The number of fused-ring (bicyclic) bond motifs is 1. The quantitative estimate of drug-likeness (QED) is 0.747. The van der Waals surface area contributed by atoms with Crippen LogP contribution in [-0.4, -0.2) is 50.1 Å². The van der Waals surface area contributed by atoms with Gasteiger partial charge < -0.3 is 14.8 Å². The molecule has 110 valence electrons. The van der Waals surface area contributed by atoms with Gasteiger partial charge in [0.1, 0.15) is 0 Å². The van der Waals surface area contributed by atoms with E-state index in [2.05, 4.69) is 15.7 Å². The average molecular weight is 290 g/mol. The van der Waals surface area contributed by atoms with Crippen molar-refractivity contribution in [2.75, 3.05) is 27.3 Å². The third kappa shape index (κ3) is 2.04. The van der Waals surface area contributed by atoms with E-state index < -0.39 is 11.8 Å². The molecule has 0 aromatic heterocycles. The molecule has 0 bridgehead atoms. The van der Waals surface area contributed by atoms with E-state index in [9.17, 15) is 9.59 Å². The van der Waals surface area contributed by atoms with E-state index in [-0.39, 0.29) is 11.1 Å². The molecule has 0 radical (unpaired) electrons. The molecule has 2 heterocycles. The van der Waals surface area contributed by atoms with Crippen LogP contribution < -0.4 is 20.2 Å². The fourth-order valence-electron chi connectivity index (χ4n) is 2.25. The van der Waals surface area contributed by atoms with Crippen LogP contribution in [0.5, 0.6) is 11.5 Å². The zero-order valence-electron chi connectivity index (χ0n) is 11.6. The van der Waals surface area contributed by atoms with Crippen molar-refractivity contribution in [1.82, 2.24) is 15.8 Å². The summed E-state index contributed by atoms with van der Waals surface area (Å²) in [5.74, 6) is 0.300. The zero-order valence-corrected chi connectivity index (χ0v) is 11.6. The summed E-state index contributed by atoms with van der Waals surface area (Å²) in [6.07, 6.45) is 0. The smallest absolute Gasteiger partial charge is 0.280 e. The fraction of sp³-hybridized carbons (Fsp3) is 0.308. The SMILES string of the molecule is COc1cc2c(cc1OC)C(=O)N(NC1=NCCN1)C2=O. The zero-order chi connectivity index (χ0) is 15.0. The number of nitrogens with one attached hydrogen (secondary N) is 2. The summed E-state index contributed by atoms with van der Waals surface area (Å²) in [4.78, 5) is 28.7. The Labute approximate surface area is 120 Å². The molecule has 2 aliphatic heterocycles. The Balaban J connectivity index is 1.95. The molecule has 0 spiro atoms. The standard InChI is InChI=1S/C13H14N4O4/c1-20-9-5-7-8(6-10(9)21-2)12(19)17(11(7)18)16-13-14-3-4-15-13/h5-6H,3-4H2,1-2H3,(H2,14,15,16). The number of benzene rings is 1. The van der Waals surface area contributed by atoms with Crippen molar-refractivity contribution in [3.8, 4) is 11.5 Å². The molecule has 2 amide bonds. The number of rotatable bonds is 3. The van der Waals surface area contributed by atoms with Gasteiger partial charge in [0.05, 0.1) is 31.9 Å². The van der Waals surface area contributed by atoms with E-state index >= 15 is 0 Å². The normalized spacial score (nSPS) is 16.5. The van der Waals surface area contributed by atoms with E-state index in [0.29, 0.717) is 30.5 Å². The Hall–Kier alpha value is -2.77. The molecule has 8 nitrogen and oxygen atoms in total. The summed E-state index contributed by atoms with van der Waals surface area (Å²) < 4.78 is 10.3. The van der Waals surface area contributed by atoms with Crippen molar-refractivity contribution >= 4 is 17.8 Å². The molecule has 0 atom stereocenters. The van der Waals surface area contributed by atoms with Crippen molar-refractivity contribution in [2.45, 2.75) is 0 Å². The molecule has 0 unspecified atom stereocenters. The van der Waals surface area contributed by atoms with Gasteiger partial charge in [0.2, 0.25) is 5.96 Å². The number of guanidine groups is 1. The van der Waals surface area contributed by atoms with Gasteiger partial charge in [0.15, 0.2) is 11.5 Å². The summed E-state index contributed by atoms with van der Waals surface area (Å²) in [5, 5.41) is 3.87. The Kier molecular flexibility index (Phi) is 3.13. The first kappa shape index (κ1) is 13.2. The van der Waals surface area contributed by atoms with Crippen LogP contribution in [0.1, 0.15) is 20.7 Å². The first-order chi connectivity index (χ1) is 10.2. The second-order valence-corrected chi connectivity index (χ2v) is 4.47. The second kappa shape index (κ2) is 4.97. The largest absolute Gasteiger partial charge is 0.493 e. The van der Waals surface area contributed by atoms with Gasteiger partial charge >= 0.3 is 0 Å². The Morgan fingerprint density at radius 3 is 2.14 bits per heavy atom. The van der Waals surface area contributed by atoms with Gasteiger partial charge in [-0.25, -0.2) is 0 Å². The highest BCUT2D eigenvalue weighted by Gasteiger charge is 2.38. The lowest BCUT2D eigenvalue weighted by Gasteiger charge is -2.15. The Morgan fingerprint density at radius 2 is 1.71 bits per heavy atom. The number of hydrogen-bond donors (Lipinski definition) is 2. The topological polar surface area (TPSA) is 92.3 Å². The summed E-state index contributed by atoms with van der Waals surface area (Å²) in [5.41, 5.74) is 3.23. The molecular weight excluding hydrogens is 276 g/mol. The lowest BCUT2D eigenvalue weighted by molar-refractivity contribution is 0.0610. The monoisotopic (exact) mass is 290 g/mol. The van der Waals surface area contributed by atoms with Crippen molar-refractivity contribution in [2.24, 2.45) is 4.99 Å². The molecule has 1 aromatic carbocycles. The fourth-order valence-corrected chi connectivity index (χ4v) is 2.25. The van der Waals surface area contributed by atoms with E-state index in [0.717, 1.165) is 5.01 Å². The first-order valence-corrected chi connectivity index (χ1v) is 6.35. The third-order valence-corrected chi connectivity index (χ3v) is 3.28. The van der Waals surface area contributed by atoms with Gasteiger partial charge in [0.25, 0.3) is 11.8 Å². The summed E-state index contributed by atoms with van der Waals surface area (Å²) in [7, 11) is 2.94. The third-order valence-electron chi connectivity index (χ3n) is 3.28. The molecule has 0 saturated heterocycles. The van der Waals surface area contributed by atoms with Crippen LogP contribution in [0, 0.1) is 0 Å². The first-order valence-electron chi connectivity index (χ1n) is 6.35. The minimum Gasteiger partial charge on any atom is -0.493 e. The maximum Gasteiger partial charge on any atom is 0.280 e. The molecular formula is C13H14N4O4. The van der Waals surface area contributed by atoms with Crippen molar-refractivity contribution in [1.29, 1.82) is 0 Å². The van der Waals surface area contributed by atoms with Crippen LogP contribution in [0.3, 0.4) is 0 Å². The van der Waals surface area contributed by atoms with E-state index in [4.69, 9.17) is 9.47 Å². The van der Waals surface area contributed by atoms with Crippen LogP contribution in [0.25, 0.3) is 0 Å². The highest BCUT2D eigenvalue weighted by atomic mass is 16.5. The van der Waals surface area contributed by atoms with Crippen LogP contribution in [-0.2, 0) is 0 Å². The van der Waals surface area contributed by atoms with E-state index in [1.807, 2.05) is 0 Å². The Morgan fingerprint density at radius 1 is 1.14 bits per heavy atom. The molecule has 1 aromatic rings. The molecule has 0 fully saturated rings. The number of nitrogens with zero attached hydrogens (tertiary/aromatic N) is 2. The van der Waals surface area contributed by atoms with Crippen LogP contribution in [0.4, 0.5) is 0 Å². The molecule has 2 N–H and O–H groups in total. The number of hydrazine groups is 1. The molecule has 8 heteroatoms. The van der Waals surface area contributed by atoms with Gasteiger partial charge in [-0.1, -0.05) is 0 Å². The minimum absolute atomic E-state index is 0.267. The number of methoxy groups -OCH3 is 2. The molecule has 21 heavy (non-hydrogen) atoms. The number of amides is 2. The van der Waals surface area contributed by atoms with Crippen LogP contribution >= 0.6 is 0 Å². The van der Waals surface area contributed by atoms with Crippen LogP contribution in [0.15, 0.2) is 17.1 Å². The highest BCUT2D eigenvalue weighted by molar-refractivity contribution is 6.22. The predicted molar refractivity (Wildman–Crippen MR) is 73.5 cm³/mol. The average Bonchev–Trinajstić information content (AvgIpc) is 3.09. The van der Waals surface area contributed by atoms with Gasteiger partial charge in [-0.3, -0.25) is 20.0 Å². The maximum absolute atomic E-state index is 12.3. The van der Waals surface area contributed by atoms with Crippen molar-refractivity contribution in [3.05, 3.63) is 23.3 Å². The van der Waals surface area contributed by atoms with E-state index in [1.54, 1.807) is 0 Å². The molecule has 0 saturated carbocycles. The molecule has 2 aliphatic rings. The number of hydrogen-bond acceptors (Lipinski definition) is 7. The highest BCUT2D eigenvalue weighted by Crippen LogP contribution is 2.34. The number of carbonyl (C=O) groups is 2. The van der Waals surface area contributed by atoms with E-state index in [1.165, 1.54) is 26.4 Å². The lowest BCUT2D eigenvalue weighted by atomic mass is 10.1. The summed E-state index contributed by atoms with van der Waals surface area (Å²) in [6, 6.07) is 3.00. The summed E-state index contributed by atoms with van der Waals surface area (Å²) in [6.45, 7) is 1.28. The molecule has 3 rings (SSSR count). The van der Waals surface area contributed by atoms with Gasteiger partial charge in [0, 0.05) is 6.54 Å². The van der Waals surface area contributed by atoms with Gasteiger partial charge in [-0.15, -0.1) is 0 Å². The lowest BCUT2D eigenvalue weighted by Crippen LogP contribution is -2.49. The number of ether oxygens (including phenoxy) is 2. The minimum atomic E-state index is -0.452. The summed E-state index contributed by atoms with van der Waals surface area (Å²) >= 11 is 0. The number of carbonyl (C=O) groups excluding carboxylic acids is 2.